The standard InChI is InChI=1S/2C27H42O2S.2C4H9.Sn/c2*1-2-3-4-5-6-7-8-9-10-11-12-13-14-15-16-17-20-25(27(28)29)22-24-19-18-21-26(30)23-24;2*1-3-4-2;/h2*9-10,18-19,21-23,30H,2-8,11-17,20H2,1H3,(H,28,29);2*1,3-4H2,2H3;/q;;;;+2/p-2/b2*10-9-,25-22?;;;. The van der Waals surface area contributed by atoms with Gasteiger partial charge in [-0.05, 0) is 100 Å². The number of allylic oxidation sites excluding steroid dienone is 4. The molecule has 388 valence electrons. The van der Waals surface area contributed by atoms with Crippen LogP contribution in [0.5, 0.6) is 0 Å². The molecule has 0 heterocycles. The van der Waals surface area contributed by atoms with Gasteiger partial charge in [-0.15, -0.1) is 0 Å². The van der Waals surface area contributed by atoms with Crippen LogP contribution in [-0.4, -0.2) is 43.3 Å². The summed E-state index contributed by atoms with van der Waals surface area (Å²) in [5.41, 5.74) is 2.71. The first kappa shape index (κ1) is 66.6. The summed E-state index contributed by atoms with van der Waals surface area (Å²) in [6.07, 6.45) is 55.4. The van der Waals surface area contributed by atoms with Crippen molar-refractivity contribution < 1.29 is 19.8 Å². The third kappa shape index (κ3) is 46.4. The fourth-order valence-corrected chi connectivity index (χ4v) is 12.5. The predicted molar refractivity (Wildman–Crippen MR) is 309 cm³/mol. The molecule has 4 nitrogen and oxygen atoms in total. The Morgan fingerprint density at radius 2 is 0.710 bits per heavy atom. The van der Waals surface area contributed by atoms with Crippen LogP contribution < -0.4 is 0 Å². The number of aliphatic carboxylic acids is 2. The number of unbranched alkanes of at least 4 members (excludes halogenated alkanes) is 26. The van der Waals surface area contributed by atoms with Crippen LogP contribution in [0.3, 0.4) is 0 Å². The maximum atomic E-state index is 11.5. The molecule has 7 heteroatoms. The number of carbonyl (C=O) groups is 2. The monoisotopic (exact) mass is 1090 g/mol. The van der Waals surface area contributed by atoms with Gasteiger partial charge in [-0.1, -0.05) is 202 Å². The summed E-state index contributed by atoms with van der Waals surface area (Å²) in [6.45, 7) is 9.11. The number of benzene rings is 2. The molecule has 0 aliphatic heterocycles. The average Bonchev–Trinajstić information content (AvgIpc) is 3.33. The fraction of sp³-hybridized carbons (Fsp3) is 0.645. The minimum absolute atomic E-state index is 0.149. The van der Waals surface area contributed by atoms with Crippen LogP contribution in [0.2, 0.25) is 8.87 Å². The van der Waals surface area contributed by atoms with Gasteiger partial charge in [0, 0.05) is 11.1 Å². The number of rotatable bonds is 42. The second kappa shape index (κ2) is 51.9. The van der Waals surface area contributed by atoms with Crippen LogP contribution in [0.4, 0.5) is 0 Å². The Hall–Kier alpha value is -2.42. The fourth-order valence-electron chi connectivity index (χ4n) is 7.95. The zero-order valence-electron chi connectivity index (χ0n) is 44.6. The molecule has 0 saturated heterocycles. The van der Waals surface area contributed by atoms with E-state index in [0.29, 0.717) is 24.0 Å². The van der Waals surface area contributed by atoms with Gasteiger partial charge in [-0.2, -0.15) is 9.79 Å². The van der Waals surface area contributed by atoms with E-state index >= 15 is 0 Å². The summed E-state index contributed by atoms with van der Waals surface area (Å²) in [7, 11) is 0. The molecule has 0 saturated carbocycles. The van der Waals surface area contributed by atoms with Crippen molar-refractivity contribution in [1.82, 2.24) is 0 Å². The molecule has 0 atom stereocenters. The van der Waals surface area contributed by atoms with Crippen LogP contribution in [0.25, 0.3) is 12.2 Å². The van der Waals surface area contributed by atoms with Crippen LogP contribution >= 0.6 is 0 Å². The van der Waals surface area contributed by atoms with Crippen molar-refractivity contribution in [1.29, 1.82) is 0 Å². The van der Waals surface area contributed by atoms with Crippen molar-refractivity contribution in [2.24, 2.45) is 0 Å². The second-order valence-corrected chi connectivity index (χ2v) is 24.2. The summed E-state index contributed by atoms with van der Waals surface area (Å²) in [6, 6.07) is 14.9. The summed E-state index contributed by atoms with van der Waals surface area (Å²) < 4.78 is 3.25. The molecule has 0 amide bonds. The van der Waals surface area contributed by atoms with Gasteiger partial charge in [0.2, 0.25) is 0 Å². The van der Waals surface area contributed by atoms with Gasteiger partial charge in [0.15, 0.2) is 0 Å². The summed E-state index contributed by atoms with van der Waals surface area (Å²) in [5.74, 6) is -1.64. The van der Waals surface area contributed by atoms with Gasteiger partial charge in [0.05, 0.1) is 0 Å². The first-order valence-corrected chi connectivity index (χ1v) is 33.0. The molecule has 0 unspecified atom stereocenters. The molecule has 0 aliphatic carbocycles. The van der Waals surface area contributed by atoms with Gasteiger partial charge in [0.1, 0.15) is 0 Å². The number of carboxylic acid groups (broad SMARTS) is 2. The molecular formula is C62H100O4S2Sn. The van der Waals surface area contributed by atoms with E-state index in [0.717, 1.165) is 46.6 Å². The van der Waals surface area contributed by atoms with Crippen LogP contribution in [0, 0.1) is 0 Å². The molecule has 2 N–H and O–H groups in total. The Bertz CT molecular complexity index is 1500. The molecule has 0 bridgehead atoms. The summed E-state index contributed by atoms with van der Waals surface area (Å²) >= 11 is 10.4. The van der Waals surface area contributed by atoms with Gasteiger partial charge >= 0.3 is 81.5 Å². The zero-order valence-corrected chi connectivity index (χ0v) is 49.1. The summed E-state index contributed by atoms with van der Waals surface area (Å²) in [4.78, 5) is 24.4. The van der Waals surface area contributed by atoms with E-state index in [1.54, 1.807) is 21.0 Å². The predicted octanol–water partition coefficient (Wildman–Crippen LogP) is 20.1. The molecule has 0 fully saturated rings. The minimum atomic E-state index is -0.822. The quantitative estimate of drug-likeness (QED) is 0.0227. The first-order valence-electron chi connectivity index (χ1n) is 28.1. The van der Waals surface area contributed by atoms with Crippen molar-refractivity contribution in [3.8, 4) is 0 Å². The number of hydrogen-bond donors (Lipinski definition) is 2. The SMILES string of the molecule is CCCCCCCC/C=C\CCCCCCCCC(=Cc1cccc([S-])c1)C(=O)O.CCCCCCCC/C=C\CCCCCCCCC(=Cc1cccc([S-])c1)C(=O)O.CCC[CH2][Sn+2][CH2]CCC. The molecule has 0 spiro atoms. The molecular weight excluding hydrogens is 992 g/mol. The molecule has 0 aliphatic rings. The third-order valence-corrected chi connectivity index (χ3v) is 16.8. The van der Waals surface area contributed by atoms with E-state index in [1.165, 1.54) is 180 Å². The topological polar surface area (TPSA) is 74.6 Å². The van der Waals surface area contributed by atoms with Crippen molar-refractivity contribution in [2.75, 3.05) is 0 Å². The maximum absolute atomic E-state index is 11.5. The van der Waals surface area contributed by atoms with Gasteiger partial charge in [0.25, 0.3) is 0 Å². The Balaban J connectivity index is 0.00000114. The molecule has 69 heavy (non-hydrogen) atoms. The molecule has 0 aromatic heterocycles. The van der Waals surface area contributed by atoms with Gasteiger partial charge in [-0.3, -0.25) is 0 Å². The summed E-state index contributed by atoms with van der Waals surface area (Å²) in [5, 5.41) is 18.9. The third-order valence-electron chi connectivity index (χ3n) is 12.3. The number of carboxylic acids is 2. The van der Waals surface area contributed by atoms with Gasteiger partial charge < -0.3 is 35.5 Å². The van der Waals surface area contributed by atoms with Crippen LogP contribution in [-0.2, 0) is 34.8 Å². The average molecular weight is 1090 g/mol. The van der Waals surface area contributed by atoms with Gasteiger partial charge in [-0.25, -0.2) is 9.59 Å². The molecule has 2 aromatic rings. The first-order chi connectivity index (χ1) is 33.7. The second-order valence-electron chi connectivity index (χ2n) is 18.9. The Kier molecular flexibility index (Phi) is 50.1. The van der Waals surface area contributed by atoms with Crippen molar-refractivity contribution in [3.05, 3.63) is 95.1 Å². The van der Waals surface area contributed by atoms with E-state index in [1.807, 2.05) is 48.5 Å². The molecule has 0 radical (unpaired) electrons. The Labute approximate surface area is 447 Å². The van der Waals surface area contributed by atoms with Crippen LogP contribution in [0.1, 0.15) is 257 Å². The van der Waals surface area contributed by atoms with Crippen molar-refractivity contribution in [2.45, 2.75) is 265 Å². The molecule has 2 aromatic carbocycles. The normalized spacial score (nSPS) is 11.6. The van der Waals surface area contributed by atoms with E-state index in [-0.39, 0.29) is 21.1 Å². The van der Waals surface area contributed by atoms with E-state index in [2.05, 4.69) is 52.0 Å². The van der Waals surface area contributed by atoms with E-state index in [9.17, 15) is 19.8 Å². The number of hydrogen-bond acceptors (Lipinski definition) is 4. The van der Waals surface area contributed by atoms with E-state index < -0.39 is 11.9 Å². The van der Waals surface area contributed by atoms with Crippen molar-refractivity contribution in [3.63, 3.8) is 0 Å². The zero-order chi connectivity index (χ0) is 50.7. The molecule has 2 rings (SSSR count). The Morgan fingerprint density at radius 1 is 0.420 bits per heavy atom. The van der Waals surface area contributed by atoms with Crippen molar-refractivity contribution >= 4 is 70.5 Å². The van der Waals surface area contributed by atoms with E-state index in [4.69, 9.17) is 25.3 Å². The Morgan fingerprint density at radius 3 is 1.00 bits per heavy atom. The van der Waals surface area contributed by atoms with Crippen LogP contribution in [0.15, 0.2) is 93.8 Å².